The van der Waals surface area contributed by atoms with E-state index in [-0.39, 0.29) is 30.3 Å². The van der Waals surface area contributed by atoms with Crippen molar-refractivity contribution in [1.82, 2.24) is 15.5 Å². The van der Waals surface area contributed by atoms with Crippen molar-refractivity contribution < 1.29 is 23.5 Å². The molecule has 3 atom stereocenters. The first kappa shape index (κ1) is 22.1. The summed E-state index contributed by atoms with van der Waals surface area (Å²) in [6.45, 7) is 4.86. The highest BCUT2D eigenvalue weighted by atomic mass is 16.5. The van der Waals surface area contributed by atoms with E-state index in [0.717, 1.165) is 13.0 Å². The number of carbonyl (C=O) groups excluding carboxylic acids is 3. The van der Waals surface area contributed by atoms with Gasteiger partial charge in [-0.3, -0.25) is 14.4 Å². The van der Waals surface area contributed by atoms with Gasteiger partial charge >= 0.3 is 0 Å². The topological polar surface area (TPSA) is 101 Å². The van der Waals surface area contributed by atoms with Crippen LogP contribution in [-0.4, -0.2) is 67.9 Å². The molecule has 0 spiro atoms. The molecule has 2 amide bonds. The van der Waals surface area contributed by atoms with Crippen molar-refractivity contribution in [3.8, 4) is 0 Å². The van der Waals surface area contributed by atoms with Crippen LogP contribution in [0.5, 0.6) is 0 Å². The van der Waals surface area contributed by atoms with Crippen molar-refractivity contribution in [2.75, 3.05) is 27.2 Å². The van der Waals surface area contributed by atoms with E-state index < -0.39 is 12.1 Å². The van der Waals surface area contributed by atoms with Gasteiger partial charge in [0.1, 0.15) is 25.0 Å². The maximum absolute atomic E-state index is 12.9. The summed E-state index contributed by atoms with van der Waals surface area (Å²) in [5.41, 5.74) is 0.353. The molecule has 2 unspecified atom stereocenters. The molecule has 1 aliphatic rings. The predicted molar refractivity (Wildman–Crippen MR) is 104 cm³/mol. The molecule has 0 aliphatic carbocycles. The van der Waals surface area contributed by atoms with Crippen LogP contribution in [0.25, 0.3) is 0 Å². The fraction of sp³-hybridized carbons (Fsp3) is 0.650. The van der Waals surface area contributed by atoms with E-state index >= 15 is 0 Å². The summed E-state index contributed by atoms with van der Waals surface area (Å²) < 4.78 is 10.5. The Morgan fingerprint density at radius 3 is 2.64 bits per heavy atom. The highest BCUT2D eigenvalue weighted by Gasteiger charge is 2.38. The number of ether oxygens (including phenoxy) is 1. The maximum atomic E-state index is 12.9. The van der Waals surface area contributed by atoms with Gasteiger partial charge in [0.15, 0.2) is 5.78 Å². The van der Waals surface area contributed by atoms with E-state index in [9.17, 15) is 14.4 Å². The van der Waals surface area contributed by atoms with E-state index in [2.05, 4.69) is 24.5 Å². The van der Waals surface area contributed by atoms with Crippen LogP contribution < -0.4 is 10.6 Å². The largest absolute Gasteiger partial charge is 0.472 e. The van der Waals surface area contributed by atoms with Gasteiger partial charge in [-0.25, -0.2) is 0 Å². The first-order valence-corrected chi connectivity index (χ1v) is 9.70. The Bertz CT molecular complexity index is 657. The van der Waals surface area contributed by atoms with Gasteiger partial charge in [-0.2, -0.15) is 0 Å². The molecule has 2 rings (SSSR count). The summed E-state index contributed by atoms with van der Waals surface area (Å²) in [7, 11) is 3.88. The average molecular weight is 393 g/mol. The number of Topliss-reactive ketones (excluding diaryl/α,β-unsaturated/α-hetero) is 1. The monoisotopic (exact) mass is 393 g/mol. The van der Waals surface area contributed by atoms with Crippen molar-refractivity contribution in [3.63, 3.8) is 0 Å². The van der Waals surface area contributed by atoms with Gasteiger partial charge in [0.05, 0.1) is 17.9 Å². The minimum absolute atomic E-state index is 0.00107. The Morgan fingerprint density at radius 2 is 2.04 bits per heavy atom. The summed E-state index contributed by atoms with van der Waals surface area (Å²) in [6, 6.07) is 0.130. The molecule has 156 valence electrons. The third-order valence-electron chi connectivity index (χ3n) is 4.75. The number of hydrogen-bond acceptors (Lipinski definition) is 6. The molecule has 0 bridgehead atoms. The van der Waals surface area contributed by atoms with Crippen molar-refractivity contribution in [2.45, 2.75) is 51.3 Å². The Morgan fingerprint density at radius 1 is 1.29 bits per heavy atom. The number of carbonyl (C=O) groups is 3. The van der Waals surface area contributed by atoms with Gasteiger partial charge in [0.2, 0.25) is 5.91 Å². The number of nitrogens with one attached hydrogen (secondary N) is 2. The van der Waals surface area contributed by atoms with E-state index in [1.54, 1.807) is 6.07 Å². The van der Waals surface area contributed by atoms with Gasteiger partial charge in [0.25, 0.3) is 5.91 Å². The van der Waals surface area contributed by atoms with E-state index in [4.69, 9.17) is 9.15 Å². The van der Waals surface area contributed by atoms with Gasteiger partial charge < -0.3 is 24.7 Å². The van der Waals surface area contributed by atoms with Gasteiger partial charge in [-0.05, 0) is 45.3 Å². The molecular weight excluding hydrogens is 362 g/mol. The average Bonchev–Trinajstić information content (AvgIpc) is 3.27. The number of furan rings is 1. The highest BCUT2D eigenvalue weighted by molar-refractivity contribution is 5.98. The fourth-order valence-corrected chi connectivity index (χ4v) is 3.05. The predicted octanol–water partition coefficient (Wildman–Crippen LogP) is 1.22. The zero-order valence-corrected chi connectivity index (χ0v) is 17.1. The molecule has 0 aromatic carbocycles. The molecule has 1 aromatic rings. The molecule has 1 aliphatic heterocycles. The molecule has 28 heavy (non-hydrogen) atoms. The Hall–Kier alpha value is -2.19. The second kappa shape index (κ2) is 10.4. The lowest BCUT2D eigenvalue weighted by Crippen LogP contribution is -2.53. The number of hydrogen-bond donors (Lipinski definition) is 2. The van der Waals surface area contributed by atoms with Crippen LogP contribution in [0.1, 0.15) is 43.5 Å². The Kier molecular flexibility index (Phi) is 8.19. The van der Waals surface area contributed by atoms with Crippen LogP contribution >= 0.6 is 0 Å². The molecule has 2 heterocycles. The smallest absolute Gasteiger partial charge is 0.255 e. The van der Waals surface area contributed by atoms with Crippen LogP contribution in [0.3, 0.4) is 0 Å². The lowest BCUT2D eigenvalue weighted by atomic mass is 10.0. The number of amides is 2. The second-order valence-corrected chi connectivity index (χ2v) is 7.90. The lowest BCUT2D eigenvalue weighted by Gasteiger charge is -2.24. The van der Waals surface area contributed by atoms with Gasteiger partial charge in [-0.15, -0.1) is 0 Å². The molecule has 8 nitrogen and oxygen atoms in total. The molecule has 1 saturated heterocycles. The summed E-state index contributed by atoms with van der Waals surface area (Å²) in [5.74, 6) is -0.502. The molecule has 0 radical (unpaired) electrons. The van der Waals surface area contributed by atoms with Crippen molar-refractivity contribution in [2.24, 2.45) is 5.92 Å². The van der Waals surface area contributed by atoms with Crippen LogP contribution in [0.4, 0.5) is 0 Å². The number of ketones is 1. The second-order valence-electron chi connectivity index (χ2n) is 7.90. The zero-order valence-electron chi connectivity index (χ0n) is 17.1. The molecule has 0 saturated carbocycles. The molecule has 1 fully saturated rings. The first-order valence-electron chi connectivity index (χ1n) is 9.70. The standard InChI is InChI=1S/C20H31N3O5/c1-13(2)5-6-15(21-19(25)14-8-10-27-11-14)20(26)22-18-16(24)12-28-17(18)7-9-23(3)4/h8,10-11,13,15,17-18H,5-7,9,12H2,1-4H3,(H,21,25)(H,22,26)/t15-,17?,18?/m0/s1. The van der Waals surface area contributed by atoms with E-state index in [1.165, 1.54) is 12.5 Å². The number of rotatable bonds is 10. The SMILES string of the molecule is CC(C)CC[C@H](NC(=O)c1ccoc1)C(=O)NC1C(=O)COC1CCN(C)C. The lowest BCUT2D eigenvalue weighted by molar-refractivity contribution is -0.127. The summed E-state index contributed by atoms with van der Waals surface area (Å²) >= 11 is 0. The molecular formula is C20H31N3O5. The fourth-order valence-electron chi connectivity index (χ4n) is 3.05. The molecule has 2 N–H and O–H groups in total. The quantitative estimate of drug-likeness (QED) is 0.620. The minimum atomic E-state index is -0.729. The van der Waals surface area contributed by atoms with Gasteiger partial charge in [0, 0.05) is 6.54 Å². The van der Waals surface area contributed by atoms with Crippen LogP contribution in [-0.2, 0) is 14.3 Å². The number of nitrogens with zero attached hydrogens (tertiary/aromatic N) is 1. The normalized spacial score (nSPS) is 20.6. The summed E-state index contributed by atoms with van der Waals surface area (Å²) in [6.07, 6.45) is 4.27. The van der Waals surface area contributed by atoms with E-state index in [1.807, 2.05) is 19.0 Å². The van der Waals surface area contributed by atoms with Crippen molar-refractivity contribution >= 4 is 17.6 Å². The zero-order chi connectivity index (χ0) is 20.7. The third-order valence-corrected chi connectivity index (χ3v) is 4.75. The maximum Gasteiger partial charge on any atom is 0.255 e. The van der Waals surface area contributed by atoms with Crippen LogP contribution in [0, 0.1) is 5.92 Å². The van der Waals surface area contributed by atoms with E-state index in [0.29, 0.717) is 24.3 Å². The van der Waals surface area contributed by atoms with Crippen molar-refractivity contribution in [1.29, 1.82) is 0 Å². The van der Waals surface area contributed by atoms with Gasteiger partial charge in [-0.1, -0.05) is 13.8 Å². The first-order chi connectivity index (χ1) is 13.3. The Balaban J connectivity index is 2.03. The highest BCUT2D eigenvalue weighted by Crippen LogP contribution is 2.16. The summed E-state index contributed by atoms with van der Waals surface area (Å²) in [4.78, 5) is 39.5. The van der Waals surface area contributed by atoms with Crippen LogP contribution in [0.2, 0.25) is 0 Å². The van der Waals surface area contributed by atoms with Crippen molar-refractivity contribution in [3.05, 3.63) is 24.2 Å². The molecule has 8 heteroatoms. The summed E-state index contributed by atoms with van der Waals surface area (Å²) in [5, 5.41) is 5.56. The molecule has 1 aromatic heterocycles. The van der Waals surface area contributed by atoms with Crippen LogP contribution in [0.15, 0.2) is 23.0 Å². The third kappa shape index (κ3) is 6.45. The Labute approximate surface area is 166 Å². The minimum Gasteiger partial charge on any atom is -0.472 e.